The number of carboxylic acid groups (broad SMARTS) is 1. The second-order valence-electron chi connectivity index (χ2n) is 5.97. The highest BCUT2D eigenvalue weighted by Gasteiger charge is 2.32. The number of nitrogens with zero attached hydrogens (tertiary/aromatic N) is 2. The maximum atomic E-state index is 12.5. The molecule has 2 aromatic rings. The molecule has 1 aromatic heterocycles. The first-order valence-corrected chi connectivity index (χ1v) is 8.87. The van der Waals surface area contributed by atoms with Gasteiger partial charge in [0.2, 0.25) is 0 Å². The monoisotopic (exact) mass is 360 g/mol. The molecule has 1 aromatic carbocycles. The average molecular weight is 360 g/mol. The lowest BCUT2D eigenvalue weighted by Crippen LogP contribution is -2.30. The molecule has 0 unspecified atom stereocenters. The van der Waals surface area contributed by atoms with Gasteiger partial charge >= 0.3 is 5.97 Å². The third-order valence-electron chi connectivity index (χ3n) is 4.34. The van der Waals surface area contributed by atoms with Crippen LogP contribution in [0, 0.1) is 5.92 Å². The van der Waals surface area contributed by atoms with Crippen molar-refractivity contribution in [3.63, 3.8) is 0 Å². The zero-order valence-corrected chi connectivity index (χ0v) is 14.1. The molecule has 1 fully saturated rings. The Kier molecular flexibility index (Phi) is 4.04. The van der Waals surface area contributed by atoms with Crippen molar-refractivity contribution in [2.24, 2.45) is 5.92 Å². The van der Waals surface area contributed by atoms with Gasteiger partial charge in [-0.3, -0.25) is 9.59 Å². The zero-order valence-electron chi connectivity index (χ0n) is 13.3. The maximum Gasteiger partial charge on any atom is 0.308 e. The summed E-state index contributed by atoms with van der Waals surface area (Å²) in [7, 11) is 0. The number of hydrogen-bond acceptors (Lipinski definition) is 6. The number of ether oxygens (including phenoxy) is 2. The van der Waals surface area contributed by atoms with Gasteiger partial charge in [0, 0.05) is 24.0 Å². The molecular weight excluding hydrogens is 344 g/mol. The number of carbonyl (C=O) groups excluding carboxylic acids is 1. The molecule has 8 heteroatoms. The molecule has 7 nitrogen and oxygen atoms in total. The predicted octanol–water partition coefficient (Wildman–Crippen LogP) is 2.13. The summed E-state index contributed by atoms with van der Waals surface area (Å²) in [6.07, 6.45) is 0.486. The van der Waals surface area contributed by atoms with Gasteiger partial charge in [0.25, 0.3) is 5.91 Å². The van der Waals surface area contributed by atoms with Gasteiger partial charge in [-0.25, -0.2) is 4.98 Å². The van der Waals surface area contributed by atoms with E-state index in [-0.39, 0.29) is 12.5 Å². The lowest BCUT2D eigenvalue weighted by atomic mass is 10.1. The normalized spacial score (nSPS) is 19.0. The summed E-state index contributed by atoms with van der Waals surface area (Å²) in [6.45, 7) is 1.74. The van der Waals surface area contributed by atoms with Crippen LogP contribution < -0.4 is 9.47 Å². The summed E-state index contributed by atoms with van der Waals surface area (Å²) < 4.78 is 11.1. The lowest BCUT2D eigenvalue weighted by Gasteiger charge is -2.18. The van der Waals surface area contributed by atoms with Crippen LogP contribution >= 0.6 is 11.3 Å². The quantitative estimate of drug-likeness (QED) is 0.902. The summed E-state index contributed by atoms with van der Waals surface area (Å²) in [6, 6.07) is 5.58. The number of fused-ring (bicyclic) bond motifs is 1. The second kappa shape index (κ2) is 6.36. The molecule has 1 amide bonds. The van der Waals surface area contributed by atoms with Crippen LogP contribution in [0.5, 0.6) is 11.5 Å². The Morgan fingerprint density at radius 2 is 2.04 bits per heavy atom. The van der Waals surface area contributed by atoms with Crippen LogP contribution in [-0.4, -0.2) is 53.2 Å². The molecule has 0 saturated carbocycles. The van der Waals surface area contributed by atoms with Gasteiger partial charge in [0.1, 0.15) is 23.9 Å². The fraction of sp³-hybridized carbons (Fsp3) is 0.353. The van der Waals surface area contributed by atoms with E-state index in [4.69, 9.17) is 14.6 Å². The molecule has 1 saturated heterocycles. The molecule has 0 spiro atoms. The zero-order chi connectivity index (χ0) is 17.4. The van der Waals surface area contributed by atoms with Crippen molar-refractivity contribution in [2.45, 2.75) is 6.42 Å². The van der Waals surface area contributed by atoms with Crippen molar-refractivity contribution in [3.8, 4) is 22.1 Å². The predicted molar refractivity (Wildman–Crippen MR) is 90.2 cm³/mol. The van der Waals surface area contributed by atoms with Gasteiger partial charge in [-0.2, -0.15) is 0 Å². The first-order valence-electron chi connectivity index (χ1n) is 7.99. The number of hydrogen-bond donors (Lipinski definition) is 1. The number of carboxylic acids is 1. The minimum Gasteiger partial charge on any atom is -0.486 e. The van der Waals surface area contributed by atoms with E-state index in [1.54, 1.807) is 10.3 Å². The topological polar surface area (TPSA) is 89.0 Å². The summed E-state index contributed by atoms with van der Waals surface area (Å²) in [5.41, 5.74) is 1.21. The minimum atomic E-state index is -0.856. The minimum absolute atomic E-state index is 0.219. The highest BCUT2D eigenvalue weighted by atomic mass is 32.1. The Hall–Kier alpha value is -2.61. The van der Waals surface area contributed by atoms with E-state index in [9.17, 15) is 9.59 Å². The van der Waals surface area contributed by atoms with Crippen LogP contribution in [0.1, 0.15) is 16.9 Å². The number of aliphatic carboxylic acids is 1. The number of rotatable bonds is 3. The van der Waals surface area contributed by atoms with Gasteiger partial charge in [-0.05, 0) is 24.6 Å². The van der Waals surface area contributed by atoms with Gasteiger partial charge < -0.3 is 19.5 Å². The number of amides is 1. The third-order valence-corrected chi connectivity index (χ3v) is 5.23. The molecule has 0 aliphatic carbocycles. The SMILES string of the molecule is O=C(O)[C@@H]1CCN(C(=O)c2csc(-c3ccc4c(c3)OCCO4)n2)C1. The molecule has 0 radical (unpaired) electrons. The Balaban J connectivity index is 1.52. The molecule has 2 aliphatic heterocycles. The molecule has 4 rings (SSSR count). The second-order valence-corrected chi connectivity index (χ2v) is 6.83. The lowest BCUT2D eigenvalue weighted by molar-refractivity contribution is -0.141. The Morgan fingerprint density at radius 1 is 1.24 bits per heavy atom. The summed E-state index contributed by atoms with van der Waals surface area (Å²) in [5.74, 6) is -0.176. The van der Waals surface area contributed by atoms with E-state index in [0.717, 1.165) is 5.56 Å². The Bertz CT molecular complexity index is 834. The van der Waals surface area contributed by atoms with Gasteiger partial charge in [-0.1, -0.05) is 0 Å². The molecular formula is C17H16N2O5S. The van der Waals surface area contributed by atoms with Gasteiger partial charge in [0.05, 0.1) is 5.92 Å². The number of thiazole rings is 1. The number of carbonyl (C=O) groups is 2. The number of aromatic nitrogens is 1. The third kappa shape index (κ3) is 3.05. The molecule has 0 bridgehead atoms. The van der Waals surface area contributed by atoms with Crippen LogP contribution in [0.15, 0.2) is 23.6 Å². The van der Waals surface area contributed by atoms with Crippen molar-refractivity contribution in [2.75, 3.05) is 26.3 Å². The molecule has 130 valence electrons. The standard InChI is InChI=1S/C17H16N2O5S/c20-16(19-4-3-11(8-19)17(21)22)12-9-25-15(18-12)10-1-2-13-14(7-10)24-6-5-23-13/h1-2,7,9,11H,3-6,8H2,(H,21,22)/t11-/m1/s1. The fourth-order valence-corrected chi connectivity index (χ4v) is 3.78. The molecule has 2 aliphatic rings. The average Bonchev–Trinajstić information content (AvgIpc) is 3.30. The van der Waals surface area contributed by atoms with Crippen molar-refractivity contribution in [1.82, 2.24) is 9.88 Å². The van der Waals surface area contributed by atoms with E-state index in [1.165, 1.54) is 11.3 Å². The highest BCUT2D eigenvalue weighted by Crippen LogP contribution is 2.35. The highest BCUT2D eigenvalue weighted by molar-refractivity contribution is 7.13. The van der Waals surface area contributed by atoms with E-state index >= 15 is 0 Å². The smallest absolute Gasteiger partial charge is 0.308 e. The van der Waals surface area contributed by atoms with Crippen LogP contribution in [0.25, 0.3) is 10.6 Å². The Morgan fingerprint density at radius 3 is 2.80 bits per heavy atom. The molecule has 3 heterocycles. The van der Waals surface area contributed by atoms with Crippen molar-refractivity contribution < 1.29 is 24.2 Å². The fourth-order valence-electron chi connectivity index (χ4n) is 2.99. The van der Waals surface area contributed by atoms with Crippen molar-refractivity contribution in [1.29, 1.82) is 0 Å². The molecule has 1 atom stereocenters. The van der Waals surface area contributed by atoms with Crippen molar-refractivity contribution in [3.05, 3.63) is 29.3 Å². The first kappa shape index (κ1) is 15.9. The van der Waals surface area contributed by atoms with Gasteiger partial charge in [-0.15, -0.1) is 11.3 Å². The Labute approximate surface area is 147 Å². The first-order chi connectivity index (χ1) is 12.1. The van der Waals surface area contributed by atoms with E-state index in [0.29, 0.717) is 48.4 Å². The number of likely N-dealkylation sites (tertiary alicyclic amines) is 1. The molecule has 1 N–H and O–H groups in total. The summed E-state index contributed by atoms with van der Waals surface area (Å²) >= 11 is 1.38. The molecule has 25 heavy (non-hydrogen) atoms. The summed E-state index contributed by atoms with van der Waals surface area (Å²) in [5, 5.41) is 11.5. The van der Waals surface area contributed by atoms with Crippen LogP contribution in [0.2, 0.25) is 0 Å². The van der Waals surface area contributed by atoms with E-state index < -0.39 is 11.9 Å². The van der Waals surface area contributed by atoms with Gasteiger partial charge in [0.15, 0.2) is 11.5 Å². The largest absolute Gasteiger partial charge is 0.486 e. The van der Waals surface area contributed by atoms with E-state index in [1.807, 2.05) is 18.2 Å². The number of benzene rings is 1. The summed E-state index contributed by atoms with van der Waals surface area (Å²) in [4.78, 5) is 29.5. The van der Waals surface area contributed by atoms with E-state index in [2.05, 4.69) is 4.98 Å². The van der Waals surface area contributed by atoms with Crippen LogP contribution in [0.4, 0.5) is 0 Å². The van der Waals surface area contributed by atoms with Crippen LogP contribution in [0.3, 0.4) is 0 Å². The van der Waals surface area contributed by atoms with Crippen LogP contribution in [-0.2, 0) is 4.79 Å². The maximum absolute atomic E-state index is 12.5. The van der Waals surface area contributed by atoms with Crippen molar-refractivity contribution >= 4 is 23.2 Å².